The van der Waals surface area contributed by atoms with Crippen molar-refractivity contribution in [3.63, 3.8) is 0 Å². The molecule has 1 aromatic carbocycles. The Hall–Kier alpha value is -1.16. The summed E-state index contributed by atoms with van der Waals surface area (Å²) in [6, 6.07) is 10.0. The second-order valence-electron chi connectivity index (χ2n) is 4.73. The van der Waals surface area contributed by atoms with Crippen molar-refractivity contribution in [1.29, 1.82) is 0 Å². The Morgan fingerprint density at radius 3 is 2.58 bits per heavy atom. The first-order valence-electron chi connectivity index (χ1n) is 6.62. The molecule has 0 saturated carbocycles. The molecule has 0 amide bonds. The topological polar surface area (TPSA) is 38.7 Å². The summed E-state index contributed by atoms with van der Waals surface area (Å²) in [4.78, 5) is 0. The highest BCUT2D eigenvalue weighted by atomic mass is 16.5. The summed E-state index contributed by atoms with van der Waals surface area (Å²) in [5.41, 5.74) is 1.14. The molecular weight excluding hydrogens is 240 g/mol. The third kappa shape index (κ3) is 5.55. The van der Waals surface area contributed by atoms with Crippen LogP contribution in [-0.4, -0.2) is 31.0 Å². The van der Waals surface area contributed by atoms with E-state index in [0.717, 1.165) is 5.56 Å². The molecule has 0 saturated heterocycles. The predicted octanol–water partition coefficient (Wildman–Crippen LogP) is 2.79. The second-order valence-corrected chi connectivity index (χ2v) is 4.73. The van der Waals surface area contributed by atoms with Crippen molar-refractivity contribution in [1.82, 2.24) is 0 Å². The van der Waals surface area contributed by atoms with Crippen LogP contribution in [0.4, 0.5) is 0 Å². The molecule has 3 nitrogen and oxygen atoms in total. The van der Waals surface area contributed by atoms with Gasteiger partial charge in [-0.15, -0.1) is 6.58 Å². The average molecular weight is 264 g/mol. The van der Waals surface area contributed by atoms with Crippen LogP contribution in [-0.2, 0) is 16.1 Å². The van der Waals surface area contributed by atoms with E-state index in [4.69, 9.17) is 9.47 Å². The number of aliphatic hydroxyl groups is 1. The standard InChI is InChI=1S/C16H24O3/c1-4-8-15(17)13(2)16(18-3)12-19-11-14-9-6-5-7-10-14/h4-7,9-10,13,15-17H,1,8,11-12H2,2-3H3/t13-,15-,16-/m0/s1. The van der Waals surface area contributed by atoms with E-state index in [9.17, 15) is 5.11 Å². The van der Waals surface area contributed by atoms with Crippen molar-refractivity contribution >= 4 is 0 Å². The lowest BCUT2D eigenvalue weighted by atomic mass is 9.96. The molecule has 0 spiro atoms. The van der Waals surface area contributed by atoms with E-state index in [-0.39, 0.29) is 12.0 Å². The maximum Gasteiger partial charge on any atom is 0.0855 e. The molecule has 0 fully saturated rings. The third-order valence-electron chi connectivity index (χ3n) is 3.30. The van der Waals surface area contributed by atoms with E-state index in [1.54, 1.807) is 13.2 Å². The van der Waals surface area contributed by atoms with Crippen molar-refractivity contribution in [3.05, 3.63) is 48.6 Å². The van der Waals surface area contributed by atoms with Crippen LogP contribution in [0, 0.1) is 5.92 Å². The molecule has 0 radical (unpaired) electrons. The van der Waals surface area contributed by atoms with Gasteiger partial charge in [-0.1, -0.05) is 43.3 Å². The maximum atomic E-state index is 9.93. The van der Waals surface area contributed by atoms with Gasteiger partial charge < -0.3 is 14.6 Å². The smallest absolute Gasteiger partial charge is 0.0855 e. The Labute approximate surface area is 115 Å². The number of aliphatic hydroxyl groups excluding tert-OH is 1. The molecule has 19 heavy (non-hydrogen) atoms. The van der Waals surface area contributed by atoms with Gasteiger partial charge in [0, 0.05) is 13.0 Å². The van der Waals surface area contributed by atoms with Gasteiger partial charge >= 0.3 is 0 Å². The number of rotatable bonds is 9. The molecule has 106 valence electrons. The molecule has 0 aromatic heterocycles. The van der Waals surface area contributed by atoms with E-state index < -0.39 is 6.10 Å². The maximum absolute atomic E-state index is 9.93. The average Bonchev–Trinajstić information content (AvgIpc) is 2.44. The summed E-state index contributed by atoms with van der Waals surface area (Å²) in [5, 5.41) is 9.93. The minimum absolute atomic E-state index is 0.0128. The van der Waals surface area contributed by atoms with Gasteiger partial charge in [0.1, 0.15) is 0 Å². The van der Waals surface area contributed by atoms with Crippen LogP contribution in [0.15, 0.2) is 43.0 Å². The van der Waals surface area contributed by atoms with Crippen LogP contribution in [0.3, 0.4) is 0 Å². The largest absolute Gasteiger partial charge is 0.392 e. The summed E-state index contributed by atoms with van der Waals surface area (Å²) < 4.78 is 11.1. The normalized spacial score (nSPS) is 15.7. The van der Waals surface area contributed by atoms with E-state index in [1.165, 1.54) is 0 Å². The van der Waals surface area contributed by atoms with Gasteiger partial charge in [-0.3, -0.25) is 0 Å². The number of ether oxygens (including phenoxy) is 2. The Bertz CT molecular complexity index is 350. The Balaban J connectivity index is 2.38. The third-order valence-corrected chi connectivity index (χ3v) is 3.30. The van der Waals surface area contributed by atoms with Crippen LogP contribution in [0.2, 0.25) is 0 Å². The van der Waals surface area contributed by atoms with Crippen molar-refractivity contribution in [2.45, 2.75) is 32.2 Å². The fourth-order valence-corrected chi connectivity index (χ4v) is 1.93. The summed E-state index contributed by atoms with van der Waals surface area (Å²) in [6.45, 7) is 6.64. The molecule has 0 aliphatic rings. The zero-order valence-electron chi connectivity index (χ0n) is 11.8. The number of benzene rings is 1. The minimum Gasteiger partial charge on any atom is -0.392 e. The van der Waals surface area contributed by atoms with Crippen molar-refractivity contribution in [3.8, 4) is 0 Å². The second kappa shape index (κ2) is 8.86. The number of methoxy groups -OCH3 is 1. The zero-order valence-corrected chi connectivity index (χ0v) is 11.8. The molecule has 3 heteroatoms. The van der Waals surface area contributed by atoms with Crippen LogP contribution in [0.25, 0.3) is 0 Å². The van der Waals surface area contributed by atoms with Gasteiger partial charge in [-0.2, -0.15) is 0 Å². The van der Waals surface area contributed by atoms with Crippen molar-refractivity contribution in [2.75, 3.05) is 13.7 Å². The monoisotopic (exact) mass is 264 g/mol. The zero-order chi connectivity index (χ0) is 14.1. The molecule has 0 aliphatic carbocycles. The van der Waals surface area contributed by atoms with Crippen LogP contribution >= 0.6 is 0 Å². The SMILES string of the molecule is C=CC[C@H](O)[C@H](C)[C@H](COCc1ccccc1)OC. The van der Waals surface area contributed by atoms with Gasteiger partial charge in [0.15, 0.2) is 0 Å². The van der Waals surface area contributed by atoms with Crippen LogP contribution in [0.1, 0.15) is 18.9 Å². The first-order chi connectivity index (χ1) is 9.19. The van der Waals surface area contributed by atoms with E-state index in [0.29, 0.717) is 19.6 Å². The summed E-state index contributed by atoms with van der Waals surface area (Å²) in [6.07, 6.45) is 1.74. The summed E-state index contributed by atoms with van der Waals surface area (Å²) in [5.74, 6) is 0.0128. The highest BCUT2D eigenvalue weighted by molar-refractivity contribution is 5.13. The van der Waals surface area contributed by atoms with E-state index in [1.807, 2.05) is 37.3 Å². The first kappa shape index (κ1) is 15.9. The summed E-state index contributed by atoms with van der Waals surface area (Å²) >= 11 is 0. The Morgan fingerprint density at radius 2 is 2.00 bits per heavy atom. The number of hydrogen-bond donors (Lipinski definition) is 1. The van der Waals surface area contributed by atoms with Crippen molar-refractivity contribution < 1.29 is 14.6 Å². The predicted molar refractivity (Wildman–Crippen MR) is 76.9 cm³/mol. The van der Waals surface area contributed by atoms with Gasteiger partial charge in [-0.25, -0.2) is 0 Å². The lowest BCUT2D eigenvalue weighted by Crippen LogP contribution is -2.34. The highest BCUT2D eigenvalue weighted by Crippen LogP contribution is 2.16. The Morgan fingerprint density at radius 1 is 1.32 bits per heavy atom. The van der Waals surface area contributed by atoms with E-state index >= 15 is 0 Å². The van der Waals surface area contributed by atoms with E-state index in [2.05, 4.69) is 6.58 Å². The fraction of sp³-hybridized carbons (Fsp3) is 0.500. The lowest BCUT2D eigenvalue weighted by molar-refractivity contribution is -0.0561. The van der Waals surface area contributed by atoms with Gasteiger partial charge in [-0.05, 0) is 12.0 Å². The molecular formula is C16H24O3. The van der Waals surface area contributed by atoms with Crippen LogP contribution < -0.4 is 0 Å². The van der Waals surface area contributed by atoms with Gasteiger partial charge in [0.25, 0.3) is 0 Å². The highest BCUT2D eigenvalue weighted by Gasteiger charge is 2.23. The van der Waals surface area contributed by atoms with Crippen LogP contribution in [0.5, 0.6) is 0 Å². The molecule has 1 N–H and O–H groups in total. The van der Waals surface area contributed by atoms with Gasteiger partial charge in [0.05, 0.1) is 25.4 Å². The van der Waals surface area contributed by atoms with Crippen molar-refractivity contribution in [2.24, 2.45) is 5.92 Å². The molecule has 0 unspecified atom stereocenters. The summed E-state index contributed by atoms with van der Waals surface area (Å²) in [7, 11) is 1.65. The Kier molecular flexibility index (Phi) is 7.41. The fourth-order valence-electron chi connectivity index (χ4n) is 1.93. The molecule has 1 aromatic rings. The molecule has 0 heterocycles. The molecule has 1 rings (SSSR count). The molecule has 0 bridgehead atoms. The minimum atomic E-state index is -0.442. The molecule has 0 aliphatic heterocycles. The lowest BCUT2D eigenvalue weighted by Gasteiger charge is -2.26. The quantitative estimate of drug-likeness (QED) is 0.697. The number of hydrogen-bond acceptors (Lipinski definition) is 3. The van der Waals surface area contributed by atoms with Gasteiger partial charge in [0.2, 0.25) is 0 Å². The first-order valence-corrected chi connectivity index (χ1v) is 6.62. The molecule has 3 atom stereocenters.